The molecule has 0 saturated carbocycles. The highest BCUT2D eigenvalue weighted by Crippen LogP contribution is 2.20. The van der Waals surface area contributed by atoms with Gasteiger partial charge in [0, 0.05) is 18.1 Å². The summed E-state index contributed by atoms with van der Waals surface area (Å²) in [6, 6.07) is -3.55. The van der Waals surface area contributed by atoms with Crippen molar-refractivity contribution in [2.75, 3.05) is 30.1 Å². The molecule has 9 nitrogen and oxygen atoms in total. The van der Waals surface area contributed by atoms with E-state index in [1.165, 1.54) is 16.7 Å². The van der Waals surface area contributed by atoms with Crippen LogP contribution in [0.4, 0.5) is 0 Å². The van der Waals surface area contributed by atoms with Gasteiger partial charge in [-0.05, 0) is 31.3 Å². The maximum atomic E-state index is 13.0. The Kier molecular flexibility index (Phi) is 11.1. The lowest BCUT2D eigenvalue weighted by molar-refractivity contribution is -0.144. The van der Waals surface area contributed by atoms with Gasteiger partial charge in [0.1, 0.15) is 18.1 Å². The van der Waals surface area contributed by atoms with Crippen LogP contribution in [-0.4, -0.2) is 87.9 Å². The Labute approximate surface area is 179 Å². The number of carboxylic acids is 1. The van der Waals surface area contributed by atoms with Gasteiger partial charge in [-0.25, -0.2) is 4.79 Å². The summed E-state index contributed by atoms with van der Waals surface area (Å²) in [6.07, 6.45) is 3.32. The largest absolute Gasteiger partial charge is 0.480 e. The SMILES string of the molecule is CSCCC(NC(=O)C(N)CS)C(=O)N1CCCC1C(=O)NC(CS)C(=O)O. The summed E-state index contributed by atoms with van der Waals surface area (Å²) in [6.45, 7) is 0.361. The van der Waals surface area contributed by atoms with Gasteiger partial charge in [0.15, 0.2) is 0 Å². The molecule has 5 N–H and O–H groups in total. The molecule has 1 aliphatic rings. The van der Waals surface area contributed by atoms with Gasteiger partial charge < -0.3 is 26.4 Å². The monoisotopic (exact) mass is 452 g/mol. The number of thiol groups is 2. The number of carbonyl (C=O) groups is 4. The molecule has 28 heavy (non-hydrogen) atoms. The maximum Gasteiger partial charge on any atom is 0.327 e. The summed E-state index contributed by atoms with van der Waals surface area (Å²) in [4.78, 5) is 50.2. The lowest BCUT2D eigenvalue weighted by atomic mass is 10.1. The first-order valence-electron chi connectivity index (χ1n) is 8.87. The maximum absolute atomic E-state index is 13.0. The molecule has 3 amide bonds. The fourth-order valence-corrected chi connectivity index (χ4v) is 3.70. The van der Waals surface area contributed by atoms with E-state index in [1.807, 2.05) is 6.26 Å². The molecule has 0 spiro atoms. The Balaban J connectivity index is 2.88. The number of hydrogen-bond donors (Lipinski definition) is 6. The minimum atomic E-state index is -1.19. The molecule has 0 aliphatic carbocycles. The zero-order valence-electron chi connectivity index (χ0n) is 15.7. The molecular formula is C16H28N4O5S3. The molecule has 160 valence electrons. The van der Waals surface area contributed by atoms with Gasteiger partial charge in [-0.2, -0.15) is 37.0 Å². The zero-order chi connectivity index (χ0) is 21.3. The third-order valence-electron chi connectivity index (χ3n) is 4.39. The molecule has 1 rings (SSSR count). The van der Waals surface area contributed by atoms with Crippen LogP contribution in [0.25, 0.3) is 0 Å². The summed E-state index contributed by atoms with van der Waals surface area (Å²) in [5.74, 6) is -1.85. The molecule has 1 saturated heterocycles. The molecule has 4 unspecified atom stereocenters. The molecule has 0 bridgehead atoms. The molecule has 1 aliphatic heterocycles. The zero-order valence-corrected chi connectivity index (χ0v) is 18.3. The number of aliphatic carboxylic acids is 1. The topological polar surface area (TPSA) is 142 Å². The van der Waals surface area contributed by atoms with Crippen LogP contribution in [0.5, 0.6) is 0 Å². The second-order valence-electron chi connectivity index (χ2n) is 6.40. The van der Waals surface area contributed by atoms with Crippen molar-refractivity contribution in [1.82, 2.24) is 15.5 Å². The highest BCUT2D eigenvalue weighted by Gasteiger charge is 2.38. The number of carboxylic acid groups (broad SMARTS) is 1. The van der Waals surface area contributed by atoms with Crippen molar-refractivity contribution in [3.05, 3.63) is 0 Å². The highest BCUT2D eigenvalue weighted by atomic mass is 32.2. The number of carbonyl (C=O) groups excluding carboxylic acids is 3. The fourth-order valence-electron chi connectivity index (χ4n) is 2.81. The van der Waals surface area contributed by atoms with E-state index >= 15 is 0 Å². The standard InChI is InChI=1S/C16H28N4O5S3/c1-28-6-4-10(18-13(21)9(17)7-26)15(23)20-5-2-3-12(20)14(22)19-11(8-27)16(24)25/h9-12,26-27H,2-8,17H2,1H3,(H,18,21)(H,19,22)(H,24,25). The number of amides is 3. The van der Waals surface area contributed by atoms with Crippen molar-refractivity contribution in [3.63, 3.8) is 0 Å². The smallest absolute Gasteiger partial charge is 0.327 e. The molecule has 0 aromatic carbocycles. The van der Waals surface area contributed by atoms with Crippen LogP contribution in [-0.2, 0) is 19.2 Å². The predicted molar refractivity (Wildman–Crippen MR) is 115 cm³/mol. The van der Waals surface area contributed by atoms with Crippen LogP contribution in [0.3, 0.4) is 0 Å². The van der Waals surface area contributed by atoms with Gasteiger partial charge in [0.25, 0.3) is 0 Å². The number of nitrogens with two attached hydrogens (primary N) is 1. The molecule has 12 heteroatoms. The van der Waals surface area contributed by atoms with Gasteiger partial charge in [0.2, 0.25) is 17.7 Å². The van der Waals surface area contributed by atoms with Crippen molar-refractivity contribution in [2.45, 2.75) is 43.4 Å². The first kappa shape index (κ1) is 24.9. The van der Waals surface area contributed by atoms with Crippen LogP contribution in [0.2, 0.25) is 0 Å². The number of nitrogens with one attached hydrogen (secondary N) is 2. The molecule has 4 atom stereocenters. The predicted octanol–water partition coefficient (Wildman–Crippen LogP) is -1.03. The Hall–Kier alpha value is -1.11. The summed E-state index contributed by atoms with van der Waals surface area (Å²) in [5.41, 5.74) is 5.68. The van der Waals surface area contributed by atoms with E-state index in [-0.39, 0.29) is 17.4 Å². The summed E-state index contributed by atoms with van der Waals surface area (Å²) in [7, 11) is 0. The first-order valence-corrected chi connectivity index (χ1v) is 11.5. The quantitative estimate of drug-likeness (QED) is 0.220. The van der Waals surface area contributed by atoms with Gasteiger partial charge >= 0.3 is 5.97 Å². The minimum absolute atomic E-state index is 0.0598. The third-order valence-corrected chi connectivity index (χ3v) is 5.80. The van der Waals surface area contributed by atoms with E-state index < -0.39 is 42.0 Å². The fraction of sp³-hybridized carbons (Fsp3) is 0.750. The van der Waals surface area contributed by atoms with E-state index in [1.54, 1.807) is 0 Å². The summed E-state index contributed by atoms with van der Waals surface area (Å²) >= 11 is 9.45. The number of thioether (sulfide) groups is 1. The van der Waals surface area contributed by atoms with Crippen molar-refractivity contribution >= 4 is 60.7 Å². The minimum Gasteiger partial charge on any atom is -0.480 e. The van der Waals surface area contributed by atoms with Crippen LogP contribution in [0.15, 0.2) is 0 Å². The van der Waals surface area contributed by atoms with Crippen molar-refractivity contribution in [1.29, 1.82) is 0 Å². The summed E-state index contributed by atoms with van der Waals surface area (Å²) < 4.78 is 0. The van der Waals surface area contributed by atoms with Gasteiger partial charge in [-0.1, -0.05) is 0 Å². The second kappa shape index (κ2) is 12.5. The van der Waals surface area contributed by atoms with Gasteiger partial charge in [0.05, 0.1) is 6.04 Å². The molecule has 0 aromatic heterocycles. The van der Waals surface area contributed by atoms with E-state index in [4.69, 9.17) is 10.8 Å². The van der Waals surface area contributed by atoms with Crippen molar-refractivity contribution < 1.29 is 24.3 Å². The normalized spacial score (nSPS) is 19.6. The number of rotatable bonds is 11. The van der Waals surface area contributed by atoms with Crippen LogP contribution >= 0.6 is 37.0 Å². The van der Waals surface area contributed by atoms with Gasteiger partial charge in [-0.3, -0.25) is 14.4 Å². The highest BCUT2D eigenvalue weighted by molar-refractivity contribution is 7.98. The summed E-state index contributed by atoms with van der Waals surface area (Å²) in [5, 5.41) is 14.2. The van der Waals surface area contributed by atoms with Gasteiger partial charge in [-0.15, -0.1) is 0 Å². The van der Waals surface area contributed by atoms with Crippen molar-refractivity contribution in [3.8, 4) is 0 Å². The lowest BCUT2D eigenvalue weighted by Gasteiger charge is -2.29. The first-order chi connectivity index (χ1) is 13.3. The number of nitrogens with zero attached hydrogens (tertiary/aromatic N) is 1. The van der Waals surface area contributed by atoms with Crippen LogP contribution in [0.1, 0.15) is 19.3 Å². The number of hydrogen-bond acceptors (Lipinski definition) is 8. The lowest BCUT2D eigenvalue weighted by Crippen LogP contribution is -2.57. The third kappa shape index (κ3) is 7.05. The molecule has 0 radical (unpaired) electrons. The second-order valence-corrected chi connectivity index (χ2v) is 8.12. The van der Waals surface area contributed by atoms with E-state index in [0.29, 0.717) is 31.6 Å². The molecule has 1 fully saturated rings. The Morgan fingerprint density at radius 1 is 1.21 bits per heavy atom. The van der Waals surface area contributed by atoms with E-state index in [0.717, 1.165) is 0 Å². The Bertz CT molecular complexity index is 580. The molecular weight excluding hydrogens is 424 g/mol. The Morgan fingerprint density at radius 3 is 2.43 bits per heavy atom. The molecule has 1 heterocycles. The average Bonchev–Trinajstić information content (AvgIpc) is 3.17. The van der Waals surface area contributed by atoms with E-state index in [9.17, 15) is 19.2 Å². The van der Waals surface area contributed by atoms with Crippen LogP contribution < -0.4 is 16.4 Å². The van der Waals surface area contributed by atoms with Crippen LogP contribution in [0, 0.1) is 0 Å². The molecule has 0 aromatic rings. The average molecular weight is 453 g/mol. The number of likely N-dealkylation sites (tertiary alicyclic amines) is 1. The van der Waals surface area contributed by atoms with Crippen molar-refractivity contribution in [2.24, 2.45) is 5.73 Å². The Morgan fingerprint density at radius 2 is 1.89 bits per heavy atom. The van der Waals surface area contributed by atoms with E-state index in [2.05, 4.69) is 35.9 Å².